The van der Waals surface area contributed by atoms with Crippen molar-refractivity contribution in [1.29, 1.82) is 0 Å². The van der Waals surface area contributed by atoms with Gasteiger partial charge in [-0.05, 0) is 54.9 Å². The molecule has 7 nitrogen and oxygen atoms in total. The standard InChI is InChI=1S/C27H34N2O5/c1-17(2)13-14-23(24(30)28-16-27(3,4)25(31)32)29-26(33)34-15-22-20-11-7-5-9-18(20)19-10-6-8-12-21(19)22/h5-12,17,22-23H,13-16H2,1-4H3,(H,28,30)(H,29,33)(H,31,32). The Labute approximate surface area is 200 Å². The maximum Gasteiger partial charge on any atom is 0.407 e. The van der Waals surface area contributed by atoms with Crippen LogP contribution < -0.4 is 10.6 Å². The highest BCUT2D eigenvalue weighted by molar-refractivity contribution is 5.86. The topological polar surface area (TPSA) is 105 Å². The molecular weight excluding hydrogens is 432 g/mol. The molecule has 2 amide bonds. The fourth-order valence-electron chi connectivity index (χ4n) is 4.06. The Bertz CT molecular complexity index is 1000. The van der Waals surface area contributed by atoms with Crippen molar-refractivity contribution in [2.45, 2.75) is 52.5 Å². The summed E-state index contributed by atoms with van der Waals surface area (Å²) in [4.78, 5) is 36.8. The number of amides is 2. The van der Waals surface area contributed by atoms with Crippen LogP contribution in [0.4, 0.5) is 4.79 Å². The zero-order valence-corrected chi connectivity index (χ0v) is 20.3. The minimum atomic E-state index is -1.11. The second-order valence-electron chi connectivity index (χ2n) is 9.90. The molecule has 0 saturated carbocycles. The normalized spacial score (nSPS) is 13.7. The molecule has 34 heavy (non-hydrogen) atoms. The second kappa shape index (κ2) is 10.7. The molecule has 1 aliphatic rings. The molecule has 1 atom stereocenters. The van der Waals surface area contributed by atoms with Crippen LogP contribution >= 0.6 is 0 Å². The van der Waals surface area contributed by atoms with Crippen molar-refractivity contribution in [2.75, 3.05) is 13.2 Å². The van der Waals surface area contributed by atoms with Gasteiger partial charge in [-0.15, -0.1) is 0 Å². The van der Waals surface area contributed by atoms with Gasteiger partial charge in [-0.1, -0.05) is 62.4 Å². The number of carbonyl (C=O) groups excluding carboxylic acids is 2. The fraction of sp³-hybridized carbons (Fsp3) is 0.444. The number of aliphatic carboxylic acids is 1. The number of alkyl carbamates (subject to hydrolysis) is 1. The number of hydrogen-bond acceptors (Lipinski definition) is 4. The maximum atomic E-state index is 12.8. The lowest BCUT2D eigenvalue weighted by atomic mass is 9.93. The highest BCUT2D eigenvalue weighted by Crippen LogP contribution is 2.44. The Balaban J connectivity index is 1.64. The van der Waals surface area contributed by atoms with Gasteiger partial charge in [0.15, 0.2) is 0 Å². The van der Waals surface area contributed by atoms with Crippen LogP contribution in [0.3, 0.4) is 0 Å². The first-order chi connectivity index (χ1) is 16.1. The van der Waals surface area contributed by atoms with E-state index >= 15 is 0 Å². The molecule has 2 aromatic carbocycles. The Morgan fingerprint density at radius 3 is 2.06 bits per heavy atom. The van der Waals surface area contributed by atoms with Gasteiger partial charge in [-0.3, -0.25) is 9.59 Å². The number of nitrogens with one attached hydrogen (secondary N) is 2. The van der Waals surface area contributed by atoms with Gasteiger partial charge in [0, 0.05) is 12.5 Å². The number of carbonyl (C=O) groups is 3. The minimum absolute atomic E-state index is 0.0360. The summed E-state index contributed by atoms with van der Waals surface area (Å²) in [5.74, 6) is -1.15. The largest absolute Gasteiger partial charge is 0.481 e. The highest BCUT2D eigenvalue weighted by atomic mass is 16.5. The van der Waals surface area contributed by atoms with Crippen molar-refractivity contribution in [3.63, 3.8) is 0 Å². The Morgan fingerprint density at radius 2 is 1.53 bits per heavy atom. The predicted octanol–water partition coefficient (Wildman–Crippen LogP) is 4.56. The van der Waals surface area contributed by atoms with Crippen LogP contribution in [0, 0.1) is 11.3 Å². The Hall–Kier alpha value is -3.35. The number of carboxylic acid groups (broad SMARTS) is 1. The third-order valence-corrected chi connectivity index (χ3v) is 6.27. The van der Waals surface area contributed by atoms with Crippen molar-refractivity contribution in [2.24, 2.45) is 11.3 Å². The molecule has 0 aromatic heterocycles. The van der Waals surface area contributed by atoms with Crippen molar-refractivity contribution in [3.05, 3.63) is 59.7 Å². The summed E-state index contributed by atoms with van der Waals surface area (Å²) in [5.41, 5.74) is 3.40. The number of carboxylic acids is 1. The number of benzene rings is 2. The molecule has 0 bridgehead atoms. The van der Waals surface area contributed by atoms with E-state index in [2.05, 4.69) is 22.8 Å². The number of fused-ring (bicyclic) bond motifs is 3. The summed E-state index contributed by atoms with van der Waals surface area (Å²) >= 11 is 0. The fourth-order valence-corrected chi connectivity index (χ4v) is 4.06. The van der Waals surface area contributed by atoms with E-state index in [4.69, 9.17) is 4.74 Å². The lowest BCUT2D eigenvalue weighted by molar-refractivity contribution is -0.146. The molecule has 182 valence electrons. The van der Waals surface area contributed by atoms with E-state index in [1.165, 1.54) is 13.8 Å². The predicted molar refractivity (Wildman–Crippen MR) is 130 cm³/mol. The Morgan fingerprint density at radius 1 is 0.971 bits per heavy atom. The van der Waals surface area contributed by atoms with E-state index in [1.54, 1.807) is 0 Å². The number of hydrogen-bond donors (Lipinski definition) is 3. The van der Waals surface area contributed by atoms with Gasteiger partial charge in [0.1, 0.15) is 12.6 Å². The monoisotopic (exact) mass is 466 g/mol. The molecule has 1 aliphatic carbocycles. The van der Waals surface area contributed by atoms with Crippen LogP contribution in [0.1, 0.15) is 57.6 Å². The molecule has 3 N–H and O–H groups in total. The van der Waals surface area contributed by atoms with Crippen LogP contribution in [0.2, 0.25) is 0 Å². The third kappa shape index (κ3) is 5.95. The van der Waals surface area contributed by atoms with Crippen LogP contribution in [-0.4, -0.2) is 42.3 Å². The first-order valence-electron chi connectivity index (χ1n) is 11.7. The SMILES string of the molecule is CC(C)CCC(NC(=O)OCC1c2ccccc2-c2ccccc21)C(=O)NCC(C)(C)C(=O)O. The molecule has 0 radical (unpaired) electrons. The average molecular weight is 467 g/mol. The summed E-state index contributed by atoms with van der Waals surface area (Å²) in [6, 6.07) is 15.4. The van der Waals surface area contributed by atoms with Crippen LogP contribution in [-0.2, 0) is 14.3 Å². The van der Waals surface area contributed by atoms with Crippen LogP contribution in [0.5, 0.6) is 0 Å². The zero-order valence-electron chi connectivity index (χ0n) is 20.3. The molecule has 2 aromatic rings. The summed E-state index contributed by atoms with van der Waals surface area (Å²) in [6.45, 7) is 7.27. The quantitative estimate of drug-likeness (QED) is 0.476. The third-order valence-electron chi connectivity index (χ3n) is 6.27. The van der Waals surface area contributed by atoms with Gasteiger partial charge in [0.2, 0.25) is 5.91 Å². The summed E-state index contributed by atoms with van der Waals surface area (Å²) in [7, 11) is 0. The van der Waals surface area contributed by atoms with Gasteiger partial charge in [-0.2, -0.15) is 0 Å². The van der Waals surface area contributed by atoms with Crippen LogP contribution in [0.15, 0.2) is 48.5 Å². The van der Waals surface area contributed by atoms with Gasteiger partial charge in [-0.25, -0.2) is 4.79 Å². The zero-order chi connectivity index (χ0) is 24.9. The average Bonchev–Trinajstić information content (AvgIpc) is 3.12. The first-order valence-corrected chi connectivity index (χ1v) is 11.7. The summed E-state index contributed by atoms with van der Waals surface area (Å²) < 4.78 is 5.59. The van der Waals surface area contributed by atoms with E-state index < -0.39 is 29.4 Å². The molecule has 0 fully saturated rings. The van der Waals surface area contributed by atoms with E-state index in [0.29, 0.717) is 12.3 Å². The molecule has 0 aliphatic heterocycles. The lowest BCUT2D eigenvalue weighted by Crippen LogP contribution is -2.50. The lowest BCUT2D eigenvalue weighted by Gasteiger charge is -2.23. The maximum absolute atomic E-state index is 12.8. The summed E-state index contributed by atoms with van der Waals surface area (Å²) in [5, 5.41) is 14.6. The second-order valence-corrected chi connectivity index (χ2v) is 9.90. The van der Waals surface area contributed by atoms with Gasteiger partial charge < -0.3 is 20.5 Å². The molecule has 1 unspecified atom stereocenters. The smallest absolute Gasteiger partial charge is 0.407 e. The number of ether oxygens (including phenoxy) is 1. The molecule has 0 heterocycles. The number of rotatable bonds is 10. The molecule has 0 saturated heterocycles. The van der Waals surface area contributed by atoms with E-state index in [9.17, 15) is 19.5 Å². The van der Waals surface area contributed by atoms with Crippen molar-refractivity contribution >= 4 is 18.0 Å². The molecule has 7 heteroatoms. The van der Waals surface area contributed by atoms with Gasteiger partial charge in [0.05, 0.1) is 5.41 Å². The van der Waals surface area contributed by atoms with Crippen molar-refractivity contribution < 1.29 is 24.2 Å². The molecule has 3 rings (SSSR count). The van der Waals surface area contributed by atoms with Gasteiger partial charge >= 0.3 is 12.1 Å². The van der Waals surface area contributed by atoms with E-state index in [1.807, 2.05) is 50.2 Å². The van der Waals surface area contributed by atoms with Crippen molar-refractivity contribution in [3.8, 4) is 11.1 Å². The van der Waals surface area contributed by atoms with Crippen molar-refractivity contribution in [1.82, 2.24) is 10.6 Å². The highest BCUT2D eigenvalue weighted by Gasteiger charge is 2.31. The Kier molecular flexibility index (Phi) is 7.97. The first kappa shape index (κ1) is 25.3. The minimum Gasteiger partial charge on any atom is -0.481 e. The molecular formula is C27H34N2O5. The van der Waals surface area contributed by atoms with Gasteiger partial charge in [0.25, 0.3) is 0 Å². The van der Waals surface area contributed by atoms with E-state index in [0.717, 1.165) is 28.7 Å². The van der Waals surface area contributed by atoms with Crippen LogP contribution in [0.25, 0.3) is 11.1 Å². The summed E-state index contributed by atoms with van der Waals surface area (Å²) in [6.07, 6.45) is 0.494. The molecule has 0 spiro atoms. The van der Waals surface area contributed by atoms with E-state index in [-0.39, 0.29) is 19.1 Å².